The van der Waals surface area contributed by atoms with Crippen LogP contribution in [-0.2, 0) is 17.8 Å². The lowest BCUT2D eigenvalue weighted by Gasteiger charge is -2.12. The minimum atomic E-state index is -0.0511. The summed E-state index contributed by atoms with van der Waals surface area (Å²) in [5.74, 6) is -0.0511. The van der Waals surface area contributed by atoms with Crippen LogP contribution in [0.15, 0.2) is 60.7 Å². The molecule has 0 spiro atoms. The lowest BCUT2D eigenvalue weighted by molar-refractivity contribution is -0.116. The fourth-order valence-electron chi connectivity index (χ4n) is 3.69. The maximum Gasteiger partial charge on any atom is 0.244 e. The van der Waals surface area contributed by atoms with E-state index in [1.807, 2.05) is 24.3 Å². The highest BCUT2D eigenvalue weighted by atomic mass is 16.1. The Morgan fingerprint density at radius 3 is 2.55 bits per heavy atom. The summed E-state index contributed by atoms with van der Waals surface area (Å²) in [7, 11) is 4.20. The van der Waals surface area contributed by atoms with Crippen LogP contribution in [0.3, 0.4) is 0 Å². The van der Waals surface area contributed by atoms with Crippen LogP contribution in [-0.4, -0.2) is 42.6 Å². The van der Waals surface area contributed by atoms with Crippen molar-refractivity contribution in [2.45, 2.75) is 26.3 Å². The summed E-state index contributed by atoms with van der Waals surface area (Å²) in [5, 5.41) is 4.18. The van der Waals surface area contributed by atoms with Crippen LogP contribution in [0.1, 0.15) is 23.2 Å². The quantitative estimate of drug-likeness (QED) is 0.555. The molecule has 1 amide bonds. The fraction of sp³-hybridized carbons (Fsp3) is 0.320. The zero-order valence-corrected chi connectivity index (χ0v) is 17.7. The number of rotatable bonds is 9. The summed E-state index contributed by atoms with van der Waals surface area (Å²) < 4.78 is 2.37. The Kier molecular flexibility index (Phi) is 7.25. The minimum Gasteiger partial charge on any atom is -0.352 e. The molecule has 0 aliphatic heterocycles. The number of hydrogen-bond acceptors (Lipinski definition) is 2. The number of hydrogen-bond donors (Lipinski definition) is 1. The third kappa shape index (κ3) is 5.58. The maximum absolute atomic E-state index is 12.3. The Balaban J connectivity index is 1.68. The van der Waals surface area contributed by atoms with Gasteiger partial charge in [0.05, 0.1) is 0 Å². The molecule has 29 heavy (non-hydrogen) atoms. The van der Waals surface area contributed by atoms with E-state index in [4.69, 9.17) is 0 Å². The molecule has 0 fully saturated rings. The van der Waals surface area contributed by atoms with Gasteiger partial charge in [-0.3, -0.25) is 4.79 Å². The van der Waals surface area contributed by atoms with Crippen molar-refractivity contribution in [2.75, 3.05) is 27.2 Å². The van der Waals surface area contributed by atoms with E-state index in [1.54, 1.807) is 6.08 Å². The van der Waals surface area contributed by atoms with Gasteiger partial charge in [-0.25, -0.2) is 0 Å². The molecule has 3 rings (SSSR count). The van der Waals surface area contributed by atoms with Crippen molar-refractivity contribution >= 4 is 22.9 Å². The highest BCUT2D eigenvalue weighted by molar-refractivity contribution is 5.97. The van der Waals surface area contributed by atoms with E-state index in [2.05, 4.69) is 72.2 Å². The Labute approximate surface area is 173 Å². The summed E-state index contributed by atoms with van der Waals surface area (Å²) in [6.45, 7) is 4.81. The second-order valence-electron chi connectivity index (χ2n) is 7.68. The van der Waals surface area contributed by atoms with Gasteiger partial charge >= 0.3 is 0 Å². The standard InChI is InChI=1S/C25H31N3O/c1-20-22(14-15-25(29)26-17-16-21-10-5-4-6-11-21)23-12-7-8-13-24(23)28(20)19-9-18-27(2)3/h4-8,10-15H,9,16-19H2,1-3H3,(H,26,29). The molecule has 4 heteroatoms. The van der Waals surface area contributed by atoms with Gasteiger partial charge in [-0.05, 0) is 58.1 Å². The fourth-order valence-corrected chi connectivity index (χ4v) is 3.69. The second kappa shape index (κ2) is 10.1. The number of fused-ring (bicyclic) bond motifs is 1. The SMILES string of the molecule is Cc1c(C=CC(=O)NCCc2ccccc2)c2ccccc2n1CCCN(C)C. The lowest BCUT2D eigenvalue weighted by atomic mass is 10.1. The van der Waals surface area contributed by atoms with Crippen molar-refractivity contribution in [2.24, 2.45) is 0 Å². The Morgan fingerprint density at radius 2 is 1.79 bits per heavy atom. The molecule has 1 aromatic heterocycles. The Hall–Kier alpha value is -2.85. The van der Waals surface area contributed by atoms with Gasteiger partial charge in [0, 0.05) is 41.3 Å². The van der Waals surface area contributed by atoms with Crippen LogP contribution in [0.2, 0.25) is 0 Å². The number of carbonyl (C=O) groups is 1. The number of amides is 1. The molecule has 1 heterocycles. The summed E-state index contributed by atoms with van der Waals surface area (Å²) >= 11 is 0. The predicted molar refractivity (Wildman–Crippen MR) is 122 cm³/mol. The predicted octanol–water partition coefficient (Wildman–Crippen LogP) is 4.27. The van der Waals surface area contributed by atoms with Crippen LogP contribution in [0, 0.1) is 6.92 Å². The monoisotopic (exact) mass is 389 g/mol. The highest BCUT2D eigenvalue weighted by Gasteiger charge is 2.12. The Bertz CT molecular complexity index is 970. The van der Waals surface area contributed by atoms with Gasteiger partial charge in [-0.1, -0.05) is 48.5 Å². The largest absolute Gasteiger partial charge is 0.352 e. The number of nitrogens with zero attached hydrogens (tertiary/aromatic N) is 2. The van der Waals surface area contributed by atoms with Crippen LogP contribution >= 0.6 is 0 Å². The van der Waals surface area contributed by atoms with E-state index in [0.717, 1.165) is 31.5 Å². The van der Waals surface area contributed by atoms with Gasteiger partial charge in [-0.2, -0.15) is 0 Å². The van der Waals surface area contributed by atoms with Gasteiger partial charge < -0.3 is 14.8 Å². The number of nitrogens with one attached hydrogen (secondary N) is 1. The third-order valence-corrected chi connectivity index (χ3v) is 5.22. The molecule has 0 aliphatic carbocycles. The van der Waals surface area contributed by atoms with Crippen LogP contribution in [0.5, 0.6) is 0 Å². The average Bonchev–Trinajstić information content (AvgIpc) is 2.98. The van der Waals surface area contributed by atoms with Gasteiger partial charge in [0.15, 0.2) is 0 Å². The number of carbonyl (C=O) groups excluding carboxylic acids is 1. The first-order valence-electron chi connectivity index (χ1n) is 10.3. The number of aryl methyl sites for hydroxylation is 1. The van der Waals surface area contributed by atoms with Gasteiger partial charge in [0.25, 0.3) is 0 Å². The van der Waals surface area contributed by atoms with E-state index in [0.29, 0.717) is 6.54 Å². The van der Waals surface area contributed by atoms with E-state index in [1.165, 1.54) is 22.2 Å². The van der Waals surface area contributed by atoms with Gasteiger partial charge in [-0.15, -0.1) is 0 Å². The molecule has 1 N–H and O–H groups in total. The number of para-hydroxylation sites is 1. The molecule has 0 radical (unpaired) electrons. The summed E-state index contributed by atoms with van der Waals surface area (Å²) in [6.07, 6.45) is 5.54. The third-order valence-electron chi connectivity index (χ3n) is 5.22. The van der Waals surface area contributed by atoms with E-state index >= 15 is 0 Å². The van der Waals surface area contributed by atoms with Crippen molar-refractivity contribution < 1.29 is 4.79 Å². The van der Waals surface area contributed by atoms with Crippen LogP contribution in [0.4, 0.5) is 0 Å². The number of benzene rings is 2. The summed E-state index contributed by atoms with van der Waals surface area (Å²) in [5.41, 5.74) is 4.79. The molecule has 0 atom stereocenters. The van der Waals surface area contributed by atoms with Crippen molar-refractivity contribution in [3.8, 4) is 0 Å². The normalized spacial score (nSPS) is 11.6. The first kappa shape index (κ1) is 20.9. The van der Waals surface area contributed by atoms with Gasteiger partial charge in [0.2, 0.25) is 5.91 Å². The van der Waals surface area contributed by atoms with Crippen molar-refractivity contribution in [1.29, 1.82) is 0 Å². The zero-order valence-electron chi connectivity index (χ0n) is 17.7. The van der Waals surface area contributed by atoms with E-state index in [9.17, 15) is 4.79 Å². The second-order valence-corrected chi connectivity index (χ2v) is 7.68. The molecule has 0 unspecified atom stereocenters. The smallest absolute Gasteiger partial charge is 0.244 e. The molecular formula is C25H31N3O. The molecule has 2 aromatic carbocycles. The Morgan fingerprint density at radius 1 is 1.07 bits per heavy atom. The lowest BCUT2D eigenvalue weighted by Crippen LogP contribution is -2.23. The summed E-state index contributed by atoms with van der Waals surface area (Å²) in [6, 6.07) is 18.6. The van der Waals surface area contributed by atoms with Crippen molar-refractivity contribution in [1.82, 2.24) is 14.8 Å². The molecule has 0 saturated carbocycles. The summed E-state index contributed by atoms with van der Waals surface area (Å²) in [4.78, 5) is 14.5. The number of aromatic nitrogens is 1. The minimum absolute atomic E-state index is 0.0511. The topological polar surface area (TPSA) is 37.3 Å². The van der Waals surface area contributed by atoms with Gasteiger partial charge in [0.1, 0.15) is 0 Å². The zero-order chi connectivity index (χ0) is 20.6. The first-order chi connectivity index (χ1) is 14.1. The van der Waals surface area contributed by atoms with Crippen molar-refractivity contribution in [3.63, 3.8) is 0 Å². The molecular weight excluding hydrogens is 358 g/mol. The average molecular weight is 390 g/mol. The molecule has 0 aliphatic rings. The molecule has 4 nitrogen and oxygen atoms in total. The van der Waals surface area contributed by atoms with E-state index in [-0.39, 0.29) is 5.91 Å². The molecule has 3 aromatic rings. The van der Waals surface area contributed by atoms with Crippen molar-refractivity contribution in [3.05, 3.63) is 77.5 Å². The maximum atomic E-state index is 12.3. The van der Waals surface area contributed by atoms with Crippen LogP contribution in [0.25, 0.3) is 17.0 Å². The first-order valence-corrected chi connectivity index (χ1v) is 10.3. The molecule has 0 saturated heterocycles. The van der Waals surface area contributed by atoms with E-state index < -0.39 is 0 Å². The highest BCUT2D eigenvalue weighted by Crippen LogP contribution is 2.27. The molecule has 152 valence electrons. The van der Waals surface area contributed by atoms with Crippen LogP contribution < -0.4 is 5.32 Å². The molecule has 0 bridgehead atoms.